The summed E-state index contributed by atoms with van der Waals surface area (Å²) in [5.41, 5.74) is 0. The minimum atomic E-state index is -1.61. The molecule has 65 heavy (non-hydrogen) atoms. The van der Waals surface area contributed by atoms with E-state index < -0.39 is 55.4 Å². The van der Waals surface area contributed by atoms with Crippen LogP contribution < -0.4 is 0 Å². The molecule has 1 heterocycles. The average molecular weight is 913 g/mol. The predicted octanol–water partition coefficient (Wildman–Crippen LogP) is 12.1. The van der Waals surface area contributed by atoms with E-state index in [1.54, 1.807) is 0 Å². The zero-order chi connectivity index (χ0) is 47.3. The molecule has 1 aliphatic heterocycles. The Bertz CT molecular complexity index is 1330. The molecular weight excluding hydrogens is 821 g/mol. The zero-order valence-electron chi connectivity index (χ0n) is 40.7. The van der Waals surface area contributed by atoms with Crippen molar-refractivity contribution in [3.05, 3.63) is 85.1 Å². The van der Waals surface area contributed by atoms with Gasteiger partial charge < -0.3 is 39.4 Å². The maximum absolute atomic E-state index is 12.8. The van der Waals surface area contributed by atoms with Crippen LogP contribution in [0, 0.1) is 0 Å². The molecule has 0 aromatic heterocycles. The van der Waals surface area contributed by atoms with Crippen LogP contribution in [0.5, 0.6) is 0 Å². The molecule has 0 aromatic rings. The monoisotopic (exact) mass is 913 g/mol. The molecule has 4 N–H and O–H groups in total. The average Bonchev–Trinajstić information content (AvgIpc) is 3.30. The Hall–Kier alpha value is -3.12. The van der Waals surface area contributed by atoms with Gasteiger partial charge in [0.1, 0.15) is 31.0 Å². The Balaban J connectivity index is 2.32. The molecule has 10 heteroatoms. The van der Waals surface area contributed by atoms with E-state index in [2.05, 4.69) is 86.8 Å². The van der Waals surface area contributed by atoms with Crippen molar-refractivity contribution < 1.29 is 49.0 Å². The van der Waals surface area contributed by atoms with E-state index in [1.807, 2.05) is 12.2 Å². The first-order chi connectivity index (χ1) is 31.8. The van der Waals surface area contributed by atoms with Gasteiger partial charge in [-0.1, -0.05) is 189 Å². The Labute approximate surface area is 395 Å². The fourth-order valence-corrected chi connectivity index (χ4v) is 7.27. The Morgan fingerprint density at radius 3 is 1.43 bits per heavy atom. The van der Waals surface area contributed by atoms with Gasteiger partial charge in [-0.05, 0) is 77.0 Å². The van der Waals surface area contributed by atoms with Crippen LogP contribution >= 0.6 is 0 Å². The van der Waals surface area contributed by atoms with Crippen molar-refractivity contribution in [1.82, 2.24) is 0 Å². The summed E-state index contributed by atoms with van der Waals surface area (Å²) in [7, 11) is 0. The lowest BCUT2D eigenvalue weighted by atomic mass is 9.99. The van der Waals surface area contributed by atoms with Crippen LogP contribution in [0.15, 0.2) is 85.1 Å². The second kappa shape index (κ2) is 44.7. The second-order valence-electron chi connectivity index (χ2n) is 17.2. The molecule has 0 aliphatic carbocycles. The molecule has 6 unspecified atom stereocenters. The number of ether oxygens (including phenoxy) is 4. The third kappa shape index (κ3) is 35.7. The summed E-state index contributed by atoms with van der Waals surface area (Å²) in [4.78, 5) is 25.4. The van der Waals surface area contributed by atoms with Crippen LogP contribution in [0.4, 0.5) is 0 Å². The molecular formula is C55H92O10. The first-order valence-electron chi connectivity index (χ1n) is 25.7. The van der Waals surface area contributed by atoms with Gasteiger partial charge in [0.15, 0.2) is 12.4 Å². The summed E-state index contributed by atoms with van der Waals surface area (Å²) >= 11 is 0. The van der Waals surface area contributed by atoms with Crippen molar-refractivity contribution in [2.45, 2.75) is 230 Å². The van der Waals surface area contributed by atoms with E-state index >= 15 is 0 Å². The largest absolute Gasteiger partial charge is 0.462 e. The molecule has 0 aromatic carbocycles. The Morgan fingerprint density at radius 1 is 0.492 bits per heavy atom. The SMILES string of the molecule is CC/C=C\C/C=C\C/C=C\C/C=C\C/C=C\C/C=C\CCC(=O)OC(COC(=O)CCCCCCCCCCC/C=C\CCCCCCCCCC)COC1OC(CO)C(O)C(O)C1O. The second-order valence-corrected chi connectivity index (χ2v) is 17.2. The number of carbonyl (C=O) groups is 2. The highest BCUT2D eigenvalue weighted by atomic mass is 16.7. The highest BCUT2D eigenvalue weighted by molar-refractivity contribution is 5.70. The molecule has 6 atom stereocenters. The number of allylic oxidation sites excluding steroid dienone is 14. The standard InChI is InChI=1S/C55H92O10/c1-3-5-7-9-11-13-15-17-19-21-23-24-26-27-29-31-33-35-37-39-41-43-50(57)62-46-48(47-63-55-54(61)53(60)52(59)49(45-56)65-55)64-51(58)44-42-40-38-36-34-32-30-28-25-22-20-18-16-14-12-10-8-6-4-2/h6,8,12,14,18,20-21,23,25,28,32,34,38,40,48-49,52-56,59-61H,3-5,7,9-11,13,15-17,19,22,24,26-27,29-31,33,35-37,39,41-47H2,1-2H3/b8-6-,14-12-,20-18-,23-21-,28-25-,34-32-,40-38-. The molecule has 1 fully saturated rings. The summed E-state index contributed by atoms with van der Waals surface area (Å²) in [6.45, 7) is 3.24. The van der Waals surface area contributed by atoms with Crippen molar-refractivity contribution in [3.8, 4) is 0 Å². The van der Waals surface area contributed by atoms with E-state index in [4.69, 9.17) is 18.9 Å². The van der Waals surface area contributed by atoms with Crippen LogP contribution in [0.2, 0.25) is 0 Å². The third-order valence-electron chi connectivity index (χ3n) is 11.3. The number of hydrogen-bond acceptors (Lipinski definition) is 10. The van der Waals surface area contributed by atoms with Gasteiger partial charge in [0.05, 0.1) is 13.2 Å². The lowest BCUT2D eigenvalue weighted by molar-refractivity contribution is -0.305. The van der Waals surface area contributed by atoms with Gasteiger partial charge >= 0.3 is 11.9 Å². The topological polar surface area (TPSA) is 152 Å². The number of esters is 2. The van der Waals surface area contributed by atoms with Crippen LogP contribution in [-0.2, 0) is 28.5 Å². The fourth-order valence-electron chi connectivity index (χ4n) is 7.27. The van der Waals surface area contributed by atoms with Gasteiger partial charge in [0, 0.05) is 12.8 Å². The lowest BCUT2D eigenvalue weighted by Gasteiger charge is -2.39. The van der Waals surface area contributed by atoms with E-state index in [9.17, 15) is 30.0 Å². The molecule has 0 radical (unpaired) electrons. The molecule has 1 saturated heterocycles. The van der Waals surface area contributed by atoms with E-state index in [1.165, 1.54) is 96.3 Å². The summed E-state index contributed by atoms with van der Waals surface area (Å²) in [6, 6.07) is 0. The van der Waals surface area contributed by atoms with Crippen LogP contribution in [0.25, 0.3) is 0 Å². The Morgan fingerprint density at radius 2 is 0.938 bits per heavy atom. The molecule has 1 aliphatic rings. The highest BCUT2D eigenvalue weighted by Crippen LogP contribution is 2.22. The van der Waals surface area contributed by atoms with E-state index in [0.29, 0.717) is 12.8 Å². The van der Waals surface area contributed by atoms with Crippen molar-refractivity contribution in [2.75, 3.05) is 19.8 Å². The number of rotatable bonds is 42. The quantitative estimate of drug-likeness (QED) is 0.0265. The number of hydrogen-bond donors (Lipinski definition) is 4. The van der Waals surface area contributed by atoms with E-state index in [-0.39, 0.29) is 26.1 Å². The van der Waals surface area contributed by atoms with Crippen molar-refractivity contribution in [2.24, 2.45) is 0 Å². The first kappa shape index (κ1) is 59.9. The zero-order valence-corrected chi connectivity index (χ0v) is 40.7. The molecule has 0 saturated carbocycles. The summed E-state index contributed by atoms with van der Waals surface area (Å²) in [5.74, 6) is -0.909. The minimum absolute atomic E-state index is 0.101. The predicted molar refractivity (Wildman–Crippen MR) is 265 cm³/mol. The number of unbranched alkanes of at least 4 members (excludes halogenated alkanes) is 17. The van der Waals surface area contributed by atoms with Crippen LogP contribution in [0.1, 0.15) is 194 Å². The molecule has 0 bridgehead atoms. The normalized spacial score (nSPS) is 20.0. The first-order valence-corrected chi connectivity index (χ1v) is 25.7. The minimum Gasteiger partial charge on any atom is -0.462 e. The summed E-state index contributed by atoms with van der Waals surface area (Å²) < 4.78 is 22.1. The van der Waals surface area contributed by atoms with Gasteiger partial charge in [0.25, 0.3) is 0 Å². The van der Waals surface area contributed by atoms with Crippen LogP contribution in [-0.4, -0.2) is 89.0 Å². The Kier molecular flexibility index (Phi) is 41.2. The third-order valence-corrected chi connectivity index (χ3v) is 11.3. The maximum Gasteiger partial charge on any atom is 0.306 e. The maximum atomic E-state index is 12.8. The van der Waals surface area contributed by atoms with Crippen molar-refractivity contribution in [1.29, 1.82) is 0 Å². The van der Waals surface area contributed by atoms with Crippen LogP contribution in [0.3, 0.4) is 0 Å². The van der Waals surface area contributed by atoms with Gasteiger partial charge in [-0.3, -0.25) is 9.59 Å². The molecule has 0 spiro atoms. The van der Waals surface area contributed by atoms with Gasteiger partial charge in [-0.25, -0.2) is 0 Å². The highest BCUT2D eigenvalue weighted by Gasteiger charge is 2.44. The summed E-state index contributed by atoms with van der Waals surface area (Å²) in [5, 5.41) is 40.2. The van der Waals surface area contributed by atoms with Crippen molar-refractivity contribution in [3.63, 3.8) is 0 Å². The van der Waals surface area contributed by atoms with Gasteiger partial charge in [-0.2, -0.15) is 0 Å². The molecule has 0 amide bonds. The summed E-state index contributed by atoms with van der Waals surface area (Å²) in [6.07, 6.45) is 51.8. The number of aliphatic hydroxyl groups is 4. The van der Waals surface area contributed by atoms with Gasteiger partial charge in [-0.15, -0.1) is 0 Å². The molecule has 10 nitrogen and oxygen atoms in total. The fraction of sp³-hybridized carbons (Fsp3) is 0.709. The smallest absolute Gasteiger partial charge is 0.306 e. The van der Waals surface area contributed by atoms with Gasteiger partial charge in [0.2, 0.25) is 0 Å². The molecule has 372 valence electrons. The lowest BCUT2D eigenvalue weighted by Crippen LogP contribution is -2.59. The number of carbonyl (C=O) groups excluding carboxylic acids is 2. The molecule has 1 rings (SSSR count). The number of aliphatic hydroxyl groups excluding tert-OH is 4. The van der Waals surface area contributed by atoms with Crippen molar-refractivity contribution >= 4 is 11.9 Å². The van der Waals surface area contributed by atoms with E-state index in [0.717, 1.165) is 57.8 Å².